The second-order valence-electron chi connectivity index (χ2n) is 6.47. The number of nitrogens with zero attached hydrogens (tertiary/aromatic N) is 3. The van der Waals surface area contributed by atoms with Crippen molar-refractivity contribution in [3.05, 3.63) is 34.9 Å². The molecular formula is C16H23N5O3S+2. The van der Waals surface area contributed by atoms with Crippen LogP contribution in [-0.2, 0) is 0 Å². The summed E-state index contributed by atoms with van der Waals surface area (Å²) in [5.41, 5.74) is 0. The van der Waals surface area contributed by atoms with Gasteiger partial charge in [-0.05, 0) is 19.1 Å². The standard InChI is InChI=1S/C16H21N5O3S/c1-11-17-16-21(18-11)15(23)14(25-16)13(12-3-2-10-24-12)20-6-4-19(5-7-20)8-9-22/h2-3,10,13,22-23H,4-9H2,1H3/p+2/t13-/m1/s1. The number of aliphatic hydroxyl groups is 1. The van der Waals surface area contributed by atoms with Gasteiger partial charge < -0.3 is 24.4 Å². The van der Waals surface area contributed by atoms with Gasteiger partial charge in [0.2, 0.25) is 10.8 Å². The molecule has 1 fully saturated rings. The zero-order valence-electron chi connectivity index (χ0n) is 14.1. The Bertz CT molecular complexity index is 836. The fourth-order valence-electron chi connectivity index (χ4n) is 3.63. The molecule has 1 saturated heterocycles. The van der Waals surface area contributed by atoms with E-state index >= 15 is 0 Å². The number of rotatable bonds is 5. The highest BCUT2D eigenvalue weighted by atomic mass is 32.1. The Morgan fingerprint density at radius 1 is 1.36 bits per heavy atom. The monoisotopic (exact) mass is 365 g/mol. The molecule has 134 valence electrons. The lowest BCUT2D eigenvalue weighted by molar-refractivity contribution is -1.02. The van der Waals surface area contributed by atoms with Crippen LogP contribution in [0.3, 0.4) is 0 Å². The molecular weight excluding hydrogens is 342 g/mol. The highest BCUT2D eigenvalue weighted by Gasteiger charge is 2.37. The molecule has 0 amide bonds. The molecule has 0 bridgehead atoms. The summed E-state index contributed by atoms with van der Waals surface area (Å²) in [4.78, 5) is 8.69. The lowest BCUT2D eigenvalue weighted by atomic mass is 10.1. The summed E-state index contributed by atoms with van der Waals surface area (Å²) in [7, 11) is 0. The lowest BCUT2D eigenvalue weighted by Crippen LogP contribution is -3.28. The van der Waals surface area contributed by atoms with E-state index in [0.29, 0.717) is 10.8 Å². The number of piperazine rings is 1. The van der Waals surface area contributed by atoms with Gasteiger partial charge in [0.25, 0.3) is 0 Å². The number of fused-ring (bicyclic) bond motifs is 1. The summed E-state index contributed by atoms with van der Waals surface area (Å²) < 4.78 is 7.22. The molecule has 3 aromatic heterocycles. The van der Waals surface area contributed by atoms with Gasteiger partial charge in [0.05, 0.1) is 12.9 Å². The van der Waals surface area contributed by atoms with Crippen LogP contribution >= 0.6 is 11.3 Å². The summed E-state index contributed by atoms with van der Waals surface area (Å²) in [5.74, 6) is 1.65. The van der Waals surface area contributed by atoms with Crippen molar-refractivity contribution in [3.8, 4) is 5.88 Å². The van der Waals surface area contributed by atoms with E-state index in [4.69, 9.17) is 9.52 Å². The van der Waals surface area contributed by atoms with Crippen LogP contribution in [0.4, 0.5) is 0 Å². The predicted molar refractivity (Wildman–Crippen MR) is 91.2 cm³/mol. The third-order valence-corrected chi connectivity index (χ3v) is 5.95. The first-order valence-electron chi connectivity index (χ1n) is 8.55. The number of hydrogen-bond donors (Lipinski definition) is 4. The van der Waals surface area contributed by atoms with Crippen LogP contribution in [-0.4, -0.2) is 64.1 Å². The zero-order chi connectivity index (χ0) is 17.4. The molecule has 3 aromatic rings. The number of nitrogens with one attached hydrogen (secondary N) is 2. The van der Waals surface area contributed by atoms with Crippen molar-refractivity contribution in [3.63, 3.8) is 0 Å². The minimum Gasteiger partial charge on any atom is -0.492 e. The first kappa shape index (κ1) is 16.5. The van der Waals surface area contributed by atoms with Crippen molar-refractivity contribution >= 4 is 16.3 Å². The van der Waals surface area contributed by atoms with E-state index in [-0.39, 0.29) is 18.5 Å². The normalized spacial score (nSPS) is 22.5. The van der Waals surface area contributed by atoms with Crippen LogP contribution in [0.5, 0.6) is 5.88 Å². The van der Waals surface area contributed by atoms with Crippen LogP contribution in [0.2, 0.25) is 0 Å². The molecule has 4 N–H and O–H groups in total. The molecule has 4 rings (SSSR count). The van der Waals surface area contributed by atoms with Gasteiger partial charge in [-0.2, -0.15) is 4.52 Å². The van der Waals surface area contributed by atoms with Gasteiger partial charge in [-0.3, -0.25) is 0 Å². The summed E-state index contributed by atoms with van der Waals surface area (Å²) in [6.07, 6.45) is 1.67. The van der Waals surface area contributed by atoms with Crippen LogP contribution in [0.25, 0.3) is 4.96 Å². The average Bonchev–Trinajstić information content (AvgIpc) is 3.30. The Morgan fingerprint density at radius 3 is 2.80 bits per heavy atom. The molecule has 0 spiro atoms. The van der Waals surface area contributed by atoms with Crippen LogP contribution < -0.4 is 9.80 Å². The summed E-state index contributed by atoms with van der Waals surface area (Å²) in [6, 6.07) is 3.78. The van der Waals surface area contributed by atoms with Crippen LogP contribution in [0.15, 0.2) is 22.8 Å². The Morgan fingerprint density at radius 2 is 2.16 bits per heavy atom. The summed E-state index contributed by atoms with van der Waals surface area (Å²) >= 11 is 1.47. The van der Waals surface area contributed by atoms with Gasteiger partial charge in [0.1, 0.15) is 43.4 Å². The van der Waals surface area contributed by atoms with Crippen molar-refractivity contribution < 1.29 is 24.4 Å². The van der Waals surface area contributed by atoms with Crippen LogP contribution in [0, 0.1) is 6.92 Å². The molecule has 0 radical (unpaired) electrons. The van der Waals surface area contributed by atoms with Crippen molar-refractivity contribution in [2.75, 3.05) is 39.3 Å². The molecule has 0 aliphatic carbocycles. The number of furan rings is 1. The Kier molecular flexibility index (Phi) is 4.46. The van der Waals surface area contributed by atoms with E-state index in [9.17, 15) is 5.11 Å². The van der Waals surface area contributed by atoms with Gasteiger partial charge >= 0.3 is 0 Å². The Hall–Kier alpha value is -1.94. The third kappa shape index (κ3) is 3.04. The molecule has 0 saturated carbocycles. The zero-order valence-corrected chi connectivity index (χ0v) is 14.9. The number of hydrogen-bond acceptors (Lipinski definition) is 6. The minimum atomic E-state index is -0.0699. The highest BCUT2D eigenvalue weighted by molar-refractivity contribution is 7.17. The van der Waals surface area contributed by atoms with Crippen molar-refractivity contribution in [2.45, 2.75) is 13.0 Å². The maximum Gasteiger partial charge on any atom is 0.235 e. The summed E-state index contributed by atoms with van der Waals surface area (Å²) in [5, 5.41) is 24.1. The fourth-order valence-corrected chi connectivity index (χ4v) is 4.80. The van der Waals surface area contributed by atoms with E-state index in [1.165, 1.54) is 25.7 Å². The molecule has 1 atom stereocenters. The molecule has 0 aromatic carbocycles. The van der Waals surface area contributed by atoms with Crippen molar-refractivity contribution in [2.24, 2.45) is 0 Å². The number of quaternary nitrogens is 2. The summed E-state index contributed by atoms with van der Waals surface area (Å²) in [6.45, 7) is 6.72. The number of aromatic hydroxyl groups is 1. The molecule has 0 unspecified atom stereocenters. The molecule has 1 aliphatic heterocycles. The van der Waals surface area contributed by atoms with Gasteiger partial charge in [0.15, 0.2) is 11.8 Å². The quantitative estimate of drug-likeness (QED) is 0.431. The third-order valence-electron chi connectivity index (χ3n) is 4.87. The van der Waals surface area contributed by atoms with E-state index in [0.717, 1.165) is 43.4 Å². The van der Waals surface area contributed by atoms with Crippen molar-refractivity contribution in [1.82, 2.24) is 14.6 Å². The number of aryl methyl sites for hydroxylation is 1. The van der Waals surface area contributed by atoms with E-state index in [1.54, 1.807) is 6.26 Å². The first-order chi connectivity index (χ1) is 12.2. The second kappa shape index (κ2) is 6.75. The Labute approximate surface area is 148 Å². The van der Waals surface area contributed by atoms with Gasteiger partial charge in [-0.1, -0.05) is 11.3 Å². The Balaban J connectivity index is 1.67. The van der Waals surface area contributed by atoms with E-state index in [1.807, 2.05) is 19.1 Å². The first-order valence-corrected chi connectivity index (χ1v) is 9.36. The van der Waals surface area contributed by atoms with E-state index in [2.05, 4.69) is 10.1 Å². The molecule has 9 heteroatoms. The number of thiazole rings is 1. The fraction of sp³-hybridized carbons (Fsp3) is 0.500. The topological polar surface area (TPSA) is 92.7 Å². The number of aromatic nitrogens is 3. The molecule has 25 heavy (non-hydrogen) atoms. The molecule has 8 nitrogen and oxygen atoms in total. The van der Waals surface area contributed by atoms with Gasteiger partial charge in [0, 0.05) is 0 Å². The van der Waals surface area contributed by atoms with Crippen LogP contribution in [0.1, 0.15) is 22.5 Å². The van der Waals surface area contributed by atoms with Gasteiger partial charge in [-0.25, -0.2) is 4.98 Å². The maximum absolute atomic E-state index is 10.7. The average molecular weight is 365 g/mol. The number of aliphatic hydroxyl groups excluding tert-OH is 1. The maximum atomic E-state index is 10.7. The lowest BCUT2D eigenvalue weighted by Gasteiger charge is -2.33. The molecule has 4 heterocycles. The van der Waals surface area contributed by atoms with Crippen molar-refractivity contribution in [1.29, 1.82) is 0 Å². The largest absolute Gasteiger partial charge is 0.492 e. The predicted octanol–water partition coefficient (Wildman–Crippen LogP) is -1.74. The molecule has 1 aliphatic rings. The van der Waals surface area contributed by atoms with Gasteiger partial charge in [-0.15, -0.1) is 5.10 Å². The smallest absolute Gasteiger partial charge is 0.235 e. The SMILES string of the molecule is Cc1nc2sc([C@@H](c3ccco3)[NH+]3CC[NH+](CCO)CC3)c(O)n2n1. The van der Waals surface area contributed by atoms with E-state index < -0.39 is 0 Å². The minimum absolute atomic E-state index is 0.0699. The second-order valence-corrected chi connectivity index (χ2v) is 7.48. The highest BCUT2D eigenvalue weighted by Crippen LogP contribution is 2.35.